The van der Waals surface area contributed by atoms with Crippen LogP contribution in [-0.2, 0) is 9.47 Å². The molecule has 2 N–H and O–H groups in total. The number of nitrogens with zero attached hydrogens (tertiary/aromatic N) is 2. The van der Waals surface area contributed by atoms with Gasteiger partial charge >= 0.3 is 5.69 Å². The van der Waals surface area contributed by atoms with Gasteiger partial charge in [-0.15, -0.1) is 0 Å². The molecule has 0 bridgehead atoms. The Morgan fingerprint density at radius 3 is 2.28 bits per heavy atom. The largest absolute Gasteiger partial charge is 0.380 e. The van der Waals surface area contributed by atoms with Crippen molar-refractivity contribution in [3.05, 3.63) is 27.8 Å². The number of rotatable bonds is 5. The fourth-order valence-electron chi connectivity index (χ4n) is 3.27. The quantitative estimate of drug-likeness (QED) is 0.623. The molecule has 2 aliphatic heterocycles. The van der Waals surface area contributed by atoms with Crippen LogP contribution in [0.2, 0.25) is 0 Å². The Bertz CT molecular complexity index is 661. The highest BCUT2D eigenvalue weighted by Crippen LogP contribution is 2.34. The first-order chi connectivity index (χ1) is 12.2. The van der Waals surface area contributed by atoms with Crippen LogP contribution in [0.15, 0.2) is 12.1 Å². The maximum Gasteiger partial charge on any atom is 0.310 e. The summed E-state index contributed by atoms with van der Waals surface area (Å²) < 4.78 is 10.9. The topological polar surface area (TPSA) is 109 Å². The molecule has 2 fully saturated rings. The molecule has 0 aromatic heterocycles. The molecule has 8 heteroatoms. The summed E-state index contributed by atoms with van der Waals surface area (Å²) in [7, 11) is 0. The first-order valence-corrected chi connectivity index (χ1v) is 8.58. The average Bonchev–Trinajstić information content (AvgIpc) is 2.62. The average molecular weight is 346 g/mol. The molecule has 1 aromatic rings. The van der Waals surface area contributed by atoms with E-state index in [4.69, 9.17) is 9.47 Å². The van der Waals surface area contributed by atoms with Gasteiger partial charge in [0.05, 0.1) is 18.1 Å². The zero-order valence-electron chi connectivity index (χ0n) is 14.0. The fourth-order valence-corrected chi connectivity index (χ4v) is 3.27. The molecule has 25 heavy (non-hydrogen) atoms. The van der Waals surface area contributed by atoms with Gasteiger partial charge in [-0.1, -0.05) is 0 Å². The second kappa shape index (κ2) is 8.14. The maximum absolute atomic E-state index is 11.5. The number of hydrogen-bond donors (Lipinski definition) is 2. The first kappa shape index (κ1) is 17.5. The van der Waals surface area contributed by atoms with E-state index in [1.807, 2.05) is 6.07 Å². The molecule has 2 heterocycles. The van der Waals surface area contributed by atoms with Crippen molar-refractivity contribution in [2.24, 2.45) is 0 Å². The van der Waals surface area contributed by atoms with E-state index < -0.39 is 4.92 Å². The summed E-state index contributed by atoms with van der Waals surface area (Å²) in [5.74, 6) is 0. The minimum atomic E-state index is -0.502. The number of nitro groups is 1. The number of nitrogens with one attached hydrogen (secondary N) is 2. The van der Waals surface area contributed by atoms with E-state index >= 15 is 0 Å². The molecule has 2 unspecified atom stereocenters. The SMILES string of the molecule is N#Cc1cc(NC2CCCOC2)cc(NC2CCCOC2)c1[N+](=O)[O-]. The molecule has 0 spiro atoms. The summed E-state index contributed by atoms with van der Waals surface area (Å²) in [6.07, 6.45) is 3.74. The van der Waals surface area contributed by atoms with Crippen LogP contribution in [0, 0.1) is 21.4 Å². The van der Waals surface area contributed by atoms with E-state index in [-0.39, 0.29) is 23.3 Å². The van der Waals surface area contributed by atoms with Crippen LogP contribution >= 0.6 is 0 Å². The Labute approximate surface area is 146 Å². The lowest BCUT2D eigenvalue weighted by atomic mass is 10.1. The van der Waals surface area contributed by atoms with Gasteiger partial charge in [0, 0.05) is 31.0 Å². The third-order valence-corrected chi connectivity index (χ3v) is 4.46. The molecule has 3 rings (SSSR count). The smallest absolute Gasteiger partial charge is 0.310 e. The predicted octanol–water partition coefficient (Wildman–Crippen LogP) is 2.65. The monoisotopic (exact) mass is 346 g/mol. The Balaban J connectivity index is 1.87. The Morgan fingerprint density at radius 2 is 1.76 bits per heavy atom. The van der Waals surface area contributed by atoms with Gasteiger partial charge in [0.2, 0.25) is 0 Å². The molecule has 134 valence electrons. The van der Waals surface area contributed by atoms with Gasteiger partial charge in [0.25, 0.3) is 0 Å². The van der Waals surface area contributed by atoms with Gasteiger partial charge < -0.3 is 20.1 Å². The number of hydrogen-bond acceptors (Lipinski definition) is 7. The van der Waals surface area contributed by atoms with Crippen LogP contribution in [-0.4, -0.2) is 43.4 Å². The van der Waals surface area contributed by atoms with E-state index in [2.05, 4.69) is 10.6 Å². The molecule has 0 amide bonds. The minimum Gasteiger partial charge on any atom is -0.380 e. The molecule has 0 saturated carbocycles. The van der Waals surface area contributed by atoms with E-state index in [9.17, 15) is 15.4 Å². The van der Waals surface area contributed by atoms with Crippen molar-refractivity contribution < 1.29 is 14.4 Å². The zero-order chi connectivity index (χ0) is 17.6. The van der Waals surface area contributed by atoms with Crippen molar-refractivity contribution in [3.63, 3.8) is 0 Å². The summed E-state index contributed by atoms with van der Waals surface area (Å²) in [4.78, 5) is 11.0. The third-order valence-electron chi connectivity index (χ3n) is 4.46. The van der Waals surface area contributed by atoms with Crippen LogP contribution in [0.4, 0.5) is 17.1 Å². The lowest BCUT2D eigenvalue weighted by Gasteiger charge is -2.26. The minimum absolute atomic E-state index is 0.00672. The van der Waals surface area contributed by atoms with Crippen molar-refractivity contribution in [2.75, 3.05) is 37.1 Å². The summed E-state index contributed by atoms with van der Waals surface area (Å²) >= 11 is 0. The number of benzene rings is 1. The third kappa shape index (κ3) is 4.38. The molecule has 2 aliphatic rings. The Morgan fingerprint density at radius 1 is 1.12 bits per heavy atom. The summed E-state index contributed by atoms with van der Waals surface area (Å²) in [6.45, 7) is 2.58. The number of anilines is 2. The summed E-state index contributed by atoms with van der Waals surface area (Å²) in [5.41, 5.74) is 0.917. The van der Waals surface area contributed by atoms with Gasteiger partial charge in [0.1, 0.15) is 17.3 Å². The lowest BCUT2D eigenvalue weighted by molar-refractivity contribution is -0.384. The van der Waals surface area contributed by atoms with E-state index in [1.165, 1.54) is 6.07 Å². The van der Waals surface area contributed by atoms with Crippen LogP contribution in [0.25, 0.3) is 0 Å². The number of ether oxygens (including phenoxy) is 2. The van der Waals surface area contributed by atoms with Crippen LogP contribution in [0.3, 0.4) is 0 Å². The molecule has 2 saturated heterocycles. The van der Waals surface area contributed by atoms with Crippen LogP contribution in [0.5, 0.6) is 0 Å². The normalized spacial score (nSPS) is 23.5. The van der Waals surface area contributed by atoms with Gasteiger partial charge in [-0.05, 0) is 37.8 Å². The standard InChI is InChI=1S/C17H22N4O4/c18-9-12-7-15(19-13-3-1-5-24-10-13)8-16(17(12)21(22)23)20-14-4-2-6-25-11-14/h7-8,13-14,19-20H,1-6,10-11H2. The predicted molar refractivity (Wildman–Crippen MR) is 92.7 cm³/mol. The Kier molecular flexibility index (Phi) is 5.68. The second-order valence-electron chi connectivity index (χ2n) is 6.41. The van der Waals surface area contributed by atoms with Crippen molar-refractivity contribution in [2.45, 2.75) is 37.8 Å². The highest BCUT2D eigenvalue weighted by molar-refractivity contribution is 5.75. The van der Waals surface area contributed by atoms with E-state index in [1.54, 1.807) is 6.07 Å². The van der Waals surface area contributed by atoms with Gasteiger partial charge in [-0.2, -0.15) is 5.26 Å². The second-order valence-corrected chi connectivity index (χ2v) is 6.41. The van der Waals surface area contributed by atoms with Gasteiger partial charge in [-0.3, -0.25) is 10.1 Å². The lowest BCUT2D eigenvalue weighted by Crippen LogP contribution is -2.31. The highest BCUT2D eigenvalue weighted by Gasteiger charge is 2.25. The van der Waals surface area contributed by atoms with Gasteiger partial charge in [0.15, 0.2) is 0 Å². The van der Waals surface area contributed by atoms with Crippen LogP contribution in [0.1, 0.15) is 31.2 Å². The number of nitro benzene ring substituents is 1. The molecule has 0 aliphatic carbocycles. The summed E-state index contributed by atoms with van der Waals surface area (Å²) in [5, 5.41) is 27.4. The molecular formula is C17H22N4O4. The molecule has 8 nitrogen and oxygen atoms in total. The summed E-state index contributed by atoms with van der Waals surface area (Å²) in [6, 6.07) is 5.35. The first-order valence-electron chi connectivity index (χ1n) is 8.58. The van der Waals surface area contributed by atoms with Crippen molar-refractivity contribution in [1.82, 2.24) is 0 Å². The number of nitriles is 1. The van der Waals surface area contributed by atoms with E-state index in [0.717, 1.165) is 32.3 Å². The fraction of sp³-hybridized carbons (Fsp3) is 0.588. The highest BCUT2D eigenvalue weighted by atomic mass is 16.6. The maximum atomic E-state index is 11.5. The van der Waals surface area contributed by atoms with Crippen molar-refractivity contribution in [1.29, 1.82) is 5.26 Å². The molecule has 2 atom stereocenters. The molecule has 1 aromatic carbocycles. The van der Waals surface area contributed by atoms with Gasteiger partial charge in [-0.25, -0.2) is 0 Å². The van der Waals surface area contributed by atoms with E-state index in [0.29, 0.717) is 31.2 Å². The van der Waals surface area contributed by atoms with Crippen molar-refractivity contribution in [3.8, 4) is 6.07 Å². The Hall–Kier alpha value is -2.37. The van der Waals surface area contributed by atoms with Crippen LogP contribution < -0.4 is 10.6 Å². The van der Waals surface area contributed by atoms with Crippen molar-refractivity contribution >= 4 is 17.1 Å². The zero-order valence-corrected chi connectivity index (χ0v) is 14.0. The molecular weight excluding hydrogens is 324 g/mol. The molecule has 0 radical (unpaired) electrons.